The molecule has 1 heterocycles. The number of aryl methyl sites for hydroxylation is 2. The van der Waals surface area contributed by atoms with Crippen LogP contribution in [-0.4, -0.2) is 31.1 Å². The fourth-order valence-corrected chi connectivity index (χ4v) is 4.26. The van der Waals surface area contributed by atoms with E-state index in [1.165, 1.54) is 0 Å². The highest BCUT2D eigenvalue weighted by Crippen LogP contribution is 2.23. The molecular weight excluding hydrogens is 262 g/mol. The summed E-state index contributed by atoms with van der Waals surface area (Å²) < 4.78 is 23.1. The zero-order valence-corrected chi connectivity index (χ0v) is 12.3. The van der Waals surface area contributed by atoms with E-state index < -0.39 is 9.84 Å². The second-order valence-corrected chi connectivity index (χ2v) is 7.64. The minimum atomic E-state index is -2.86. The Bertz CT molecular complexity index is 543. The van der Waals surface area contributed by atoms with E-state index >= 15 is 0 Å². The molecule has 1 aliphatic rings. The van der Waals surface area contributed by atoms with E-state index in [4.69, 9.17) is 0 Å². The molecule has 1 aromatic rings. The van der Waals surface area contributed by atoms with Gasteiger partial charge < -0.3 is 10.4 Å². The van der Waals surface area contributed by atoms with Crippen LogP contribution in [-0.2, 0) is 16.4 Å². The number of phenolic OH excluding ortho intramolecular Hbond substituents is 1. The van der Waals surface area contributed by atoms with E-state index in [9.17, 15) is 13.5 Å². The van der Waals surface area contributed by atoms with E-state index in [-0.39, 0.29) is 11.8 Å². The van der Waals surface area contributed by atoms with Crippen LogP contribution in [0.5, 0.6) is 5.75 Å². The van der Waals surface area contributed by atoms with Crippen molar-refractivity contribution < 1.29 is 13.5 Å². The molecule has 0 bridgehead atoms. The number of benzene rings is 1. The van der Waals surface area contributed by atoms with Gasteiger partial charge in [0.25, 0.3) is 0 Å². The van der Waals surface area contributed by atoms with Crippen molar-refractivity contribution in [3.05, 3.63) is 28.8 Å². The van der Waals surface area contributed by atoms with Gasteiger partial charge in [-0.2, -0.15) is 0 Å². The zero-order valence-electron chi connectivity index (χ0n) is 11.4. The van der Waals surface area contributed by atoms with Gasteiger partial charge in [-0.25, -0.2) is 8.42 Å². The van der Waals surface area contributed by atoms with Crippen LogP contribution in [0.1, 0.15) is 29.5 Å². The van der Waals surface area contributed by atoms with Gasteiger partial charge in [0.05, 0.1) is 11.5 Å². The van der Waals surface area contributed by atoms with E-state index in [0.717, 1.165) is 29.5 Å². The summed E-state index contributed by atoms with van der Waals surface area (Å²) in [5.74, 6) is 0.898. The number of nitrogens with one attached hydrogen (secondary N) is 1. The first-order chi connectivity index (χ1) is 8.87. The Balaban J connectivity index is 1.99. The lowest BCUT2D eigenvalue weighted by Gasteiger charge is -2.23. The van der Waals surface area contributed by atoms with Crippen molar-refractivity contribution in [2.24, 2.45) is 0 Å². The molecule has 1 unspecified atom stereocenters. The molecule has 19 heavy (non-hydrogen) atoms. The van der Waals surface area contributed by atoms with Crippen molar-refractivity contribution in [2.45, 2.75) is 39.3 Å². The van der Waals surface area contributed by atoms with Crippen molar-refractivity contribution in [2.75, 3.05) is 11.5 Å². The van der Waals surface area contributed by atoms with Gasteiger partial charge in [0, 0.05) is 12.6 Å². The molecule has 1 aromatic carbocycles. The molecule has 2 N–H and O–H groups in total. The minimum absolute atomic E-state index is 0.0492. The zero-order chi connectivity index (χ0) is 14.0. The molecule has 0 saturated carbocycles. The molecule has 1 atom stereocenters. The number of aromatic hydroxyl groups is 1. The van der Waals surface area contributed by atoms with Gasteiger partial charge in [-0.1, -0.05) is 12.1 Å². The Kier molecular flexibility index (Phi) is 4.16. The average Bonchev–Trinajstić information content (AvgIpc) is 2.32. The Morgan fingerprint density at radius 1 is 1.32 bits per heavy atom. The maximum Gasteiger partial charge on any atom is 0.151 e. The lowest BCUT2D eigenvalue weighted by Crippen LogP contribution is -2.39. The lowest BCUT2D eigenvalue weighted by molar-refractivity contribution is 0.464. The molecule has 1 aliphatic heterocycles. The standard InChI is InChI=1S/C14H21NO3S/c1-10-6-12(7-11(2)14(10)16)8-15-13-4-3-5-19(17,18)9-13/h6-7,13,15-16H,3-5,8-9H2,1-2H3. The highest BCUT2D eigenvalue weighted by molar-refractivity contribution is 7.91. The van der Waals surface area contributed by atoms with Crippen LogP contribution in [0.3, 0.4) is 0 Å². The number of hydrogen-bond acceptors (Lipinski definition) is 4. The smallest absolute Gasteiger partial charge is 0.151 e. The second-order valence-electron chi connectivity index (χ2n) is 5.41. The first-order valence-corrected chi connectivity index (χ1v) is 8.42. The summed E-state index contributed by atoms with van der Waals surface area (Å²) in [5.41, 5.74) is 2.79. The quantitative estimate of drug-likeness (QED) is 0.885. The Morgan fingerprint density at radius 3 is 2.53 bits per heavy atom. The van der Waals surface area contributed by atoms with Crippen molar-refractivity contribution in [1.29, 1.82) is 0 Å². The molecule has 5 heteroatoms. The molecule has 4 nitrogen and oxygen atoms in total. The fourth-order valence-electron chi connectivity index (χ4n) is 2.59. The highest BCUT2D eigenvalue weighted by atomic mass is 32.2. The van der Waals surface area contributed by atoms with Gasteiger partial charge in [-0.05, 0) is 43.4 Å². The molecular formula is C14H21NO3S. The van der Waals surface area contributed by atoms with Gasteiger partial charge in [0.2, 0.25) is 0 Å². The first kappa shape index (κ1) is 14.3. The number of phenols is 1. The highest BCUT2D eigenvalue weighted by Gasteiger charge is 2.24. The molecule has 2 rings (SSSR count). The predicted molar refractivity (Wildman–Crippen MR) is 76.1 cm³/mol. The van der Waals surface area contributed by atoms with Crippen LogP contribution in [0, 0.1) is 13.8 Å². The minimum Gasteiger partial charge on any atom is -0.507 e. The van der Waals surface area contributed by atoms with E-state index in [0.29, 0.717) is 18.0 Å². The van der Waals surface area contributed by atoms with E-state index in [1.807, 2.05) is 26.0 Å². The van der Waals surface area contributed by atoms with Gasteiger partial charge in [0.15, 0.2) is 9.84 Å². The largest absolute Gasteiger partial charge is 0.507 e. The maximum absolute atomic E-state index is 11.6. The third-order valence-corrected chi connectivity index (χ3v) is 5.43. The van der Waals surface area contributed by atoms with Crippen molar-refractivity contribution >= 4 is 9.84 Å². The van der Waals surface area contributed by atoms with E-state index in [2.05, 4.69) is 5.32 Å². The SMILES string of the molecule is Cc1cc(CNC2CCCS(=O)(=O)C2)cc(C)c1O. The fraction of sp³-hybridized carbons (Fsp3) is 0.571. The molecule has 106 valence electrons. The van der Waals surface area contributed by atoms with E-state index in [1.54, 1.807) is 0 Å². The molecule has 1 fully saturated rings. The number of sulfone groups is 1. The first-order valence-electron chi connectivity index (χ1n) is 6.60. The van der Waals surface area contributed by atoms with Crippen LogP contribution in [0.25, 0.3) is 0 Å². The second kappa shape index (κ2) is 5.51. The third kappa shape index (κ3) is 3.70. The summed E-state index contributed by atoms with van der Waals surface area (Å²) in [5, 5.41) is 13.0. The lowest BCUT2D eigenvalue weighted by atomic mass is 10.1. The van der Waals surface area contributed by atoms with Crippen molar-refractivity contribution in [3.63, 3.8) is 0 Å². The predicted octanol–water partition coefficient (Wildman–Crippen LogP) is 1.68. The molecule has 0 radical (unpaired) electrons. The summed E-state index contributed by atoms with van der Waals surface area (Å²) in [6.45, 7) is 4.38. The van der Waals surface area contributed by atoms with Crippen LogP contribution in [0.4, 0.5) is 0 Å². The third-order valence-electron chi connectivity index (χ3n) is 3.61. The monoisotopic (exact) mass is 283 g/mol. The molecule has 0 amide bonds. The Labute approximate surface area is 114 Å². The van der Waals surface area contributed by atoms with Crippen molar-refractivity contribution in [3.8, 4) is 5.75 Å². The van der Waals surface area contributed by atoms with Crippen LogP contribution >= 0.6 is 0 Å². The van der Waals surface area contributed by atoms with Crippen LogP contribution in [0.15, 0.2) is 12.1 Å². The number of hydrogen-bond donors (Lipinski definition) is 2. The summed E-state index contributed by atoms with van der Waals surface area (Å²) in [4.78, 5) is 0. The van der Waals surface area contributed by atoms with Gasteiger partial charge in [-0.15, -0.1) is 0 Å². The van der Waals surface area contributed by atoms with Gasteiger partial charge >= 0.3 is 0 Å². The van der Waals surface area contributed by atoms with Gasteiger partial charge in [-0.3, -0.25) is 0 Å². The summed E-state index contributed by atoms with van der Waals surface area (Å²) in [7, 11) is -2.86. The van der Waals surface area contributed by atoms with Gasteiger partial charge in [0.1, 0.15) is 5.75 Å². The Morgan fingerprint density at radius 2 is 1.95 bits per heavy atom. The molecule has 0 spiro atoms. The summed E-state index contributed by atoms with van der Waals surface area (Å²) in [6.07, 6.45) is 1.66. The average molecular weight is 283 g/mol. The topological polar surface area (TPSA) is 66.4 Å². The molecule has 0 aliphatic carbocycles. The number of rotatable bonds is 3. The van der Waals surface area contributed by atoms with Crippen molar-refractivity contribution in [1.82, 2.24) is 5.32 Å². The summed E-state index contributed by atoms with van der Waals surface area (Å²) >= 11 is 0. The molecule has 1 saturated heterocycles. The normalized spacial score (nSPS) is 22.3. The Hall–Kier alpha value is -1.07. The summed E-state index contributed by atoms with van der Waals surface area (Å²) in [6, 6.07) is 3.92. The van der Waals surface area contributed by atoms with Crippen LogP contribution in [0.2, 0.25) is 0 Å². The van der Waals surface area contributed by atoms with Crippen LogP contribution < -0.4 is 5.32 Å². The molecule has 0 aromatic heterocycles. The maximum atomic E-state index is 11.6.